The van der Waals surface area contributed by atoms with Crippen LogP contribution in [0.3, 0.4) is 0 Å². The molecule has 6 heteroatoms. The minimum Gasteiger partial charge on any atom is -0.390 e. The Morgan fingerprint density at radius 2 is 2.20 bits per heavy atom. The molecule has 0 aliphatic rings. The smallest absolute Gasteiger partial charge is 0.224 e. The molecule has 1 aromatic rings. The molecule has 0 bridgehead atoms. The lowest BCUT2D eigenvalue weighted by molar-refractivity contribution is -0.115. The maximum Gasteiger partial charge on any atom is 0.224 e. The summed E-state index contributed by atoms with van der Waals surface area (Å²) >= 11 is 0. The number of amides is 1. The number of nitrogens with one attached hydrogen (secondary N) is 2. The van der Waals surface area contributed by atoms with E-state index in [9.17, 15) is 9.90 Å². The first-order valence-electron chi connectivity index (χ1n) is 6.50. The summed E-state index contributed by atoms with van der Waals surface area (Å²) in [4.78, 5) is 15.4. The molecule has 20 heavy (non-hydrogen) atoms. The molecule has 110 valence electrons. The Hall–Kier alpha value is -2.08. The Balaban J connectivity index is 2.92. The molecule has 1 aromatic carbocycles. The molecule has 1 amide bonds. The van der Waals surface area contributed by atoms with Crippen LogP contribution < -0.4 is 16.4 Å². The van der Waals surface area contributed by atoms with E-state index in [1.165, 1.54) is 6.34 Å². The number of anilines is 2. The second-order valence-electron chi connectivity index (χ2n) is 5.08. The zero-order valence-electron chi connectivity index (χ0n) is 12.1. The molecule has 0 heterocycles. The van der Waals surface area contributed by atoms with Gasteiger partial charge < -0.3 is 21.5 Å². The van der Waals surface area contributed by atoms with Crippen molar-refractivity contribution < 1.29 is 9.90 Å². The minimum absolute atomic E-state index is 0.0649. The average Bonchev–Trinajstić information content (AvgIpc) is 2.37. The summed E-state index contributed by atoms with van der Waals surface area (Å²) in [7, 11) is 0. The predicted octanol–water partition coefficient (Wildman–Crippen LogP) is 1.84. The highest BCUT2D eigenvalue weighted by Crippen LogP contribution is 2.28. The molecule has 0 aromatic heterocycles. The molecule has 0 fully saturated rings. The monoisotopic (exact) mass is 278 g/mol. The number of carbonyl (C=O) groups is 1. The van der Waals surface area contributed by atoms with Crippen LogP contribution in [-0.2, 0) is 4.79 Å². The summed E-state index contributed by atoms with van der Waals surface area (Å²) in [6, 6.07) is 5.29. The van der Waals surface area contributed by atoms with Crippen LogP contribution >= 0.6 is 0 Å². The van der Waals surface area contributed by atoms with E-state index in [-0.39, 0.29) is 5.91 Å². The Bertz CT molecular complexity index is 492. The van der Waals surface area contributed by atoms with Gasteiger partial charge in [-0.1, -0.05) is 6.92 Å². The van der Waals surface area contributed by atoms with Gasteiger partial charge in [-0.2, -0.15) is 0 Å². The van der Waals surface area contributed by atoms with Crippen molar-refractivity contribution in [1.29, 1.82) is 0 Å². The van der Waals surface area contributed by atoms with E-state index in [0.29, 0.717) is 24.3 Å². The molecule has 6 nitrogen and oxygen atoms in total. The van der Waals surface area contributed by atoms with Crippen LogP contribution in [0.4, 0.5) is 17.1 Å². The third kappa shape index (κ3) is 5.27. The Morgan fingerprint density at radius 1 is 1.50 bits per heavy atom. The molecule has 5 N–H and O–H groups in total. The van der Waals surface area contributed by atoms with Gasteiger partial charge in [-0.15, -0.1) is 0 Å². The summed E-state index contributed by atoms with van der Waals surface area (Å²) in [6.45, 7) is 5.58. The highest BCUT2D eigenvalue weighted by Gasteiger charge is 2.13. The maximum atomic E-state index is 11.4. The van der Waals surface area contributed by atoms with E-state index in [2.05, 4.69) is 15.6 Å². The third-order valence-corrected chi connectivity index (χ3v) is 2.53. The highest BCUT2D eigenvalue weighted by molar-refractivity contribution is 5.91. The van der Waals surface area contributed by atoms with Crippen LogP contribution in [0.5, 0.6) is 0 Å². The zero-order valence-corrected chi connectivity index (χ0v) is 12.1. The van der Waals surface area contributed by atoms with E-state index in [4.69, 9.17) is 5.73 Å². The molecule has 0 aliphatic heterocycles. The Morgan fingerprint density at radius 3 is 2.75 bits per heavy atom. The van der Waals surface area contributed by atoms with Crippen LogP contribution in [0.2, 0.25) is 0 Å². The minimum atomic E-state index is -0.835. The first-order valence-corrected chi connectivity index (χ1v) is 6.50. The van der Waals surface area contributed by atoms with Gasteiger partial charge in [-0.25, -0.2) is 4.99 Å². The molecular weight excluding hydrogens is 256 g/mol. The summed E-state index contributed by atoms with van der Waals surface area (Å²) < 4.78 is 0. The van der Waals surface area contributed by atoms with Crippen LogP contribution in [0, 0.1) is 0 Å². The lowest BCUT2D eigenvalue weighted by atomic mass is 10.1. The number of aliphatic hydroxyl groups is 1. The standard InChI is InChI=1S/C14H22N4O2/c1-4-13(19)18-10-5-6-11(12(7-10)17-9-15)16-8-14(2,3)20/h5-7,9,16,20H,4,8H2,1-3H3,(H2,15,17)(H,18,19). The van der Waals surface area contributed by atoms with Crippen molar-refractivity contribution in [2.45, 2.75) is 32.8 Å². The highest BCUT2D eigenvalue weighted by atomic mass is 16.3. The number of hydrogen-bond acceptors (Lipinski definition) is 4. The van der Waals surface area contributed by atoms with E-state index >= 15 is 0 Å². The quantitative estimate of drug-likeness (QED) is 0.471. The summed E-state index contributed by atoms with van der Waals surface area (Å²) in [6.07, 6.45) is 1.60. The first kappa shape index (κ1) is 16.0. The Labute approximate surface area is 119 Å². The average molecular weight is 278 g/mol. The van der Waals surface area contributed by atoms with Crippen molar-refractivity contribution >= 4 is 29.3 Å². The van der Waals surface area contributed by atoms with Gasteiger partial charge in [-0.05, 0) is 32.0 Å². The molecule has 0 saturated heterocycles. The van der Waals surface area contributed by atoms with Crippen molar-refractivity contribution in [1.82, 2.24) is 0 Å². The fourth-order valence-corrected chi connectivity index (χ4v) is 1.51. The molecule has 0 radical (unpaired) electrons. The van der Waals surface area contributed by atoms with E-state index < -0.39 is 5.60 Å². The van der Waals surface area contributed by atoms with Gasteiger partial charge in [0.2, 0.25) is 5.91 Å². The number of rotatable bonds is 6. The van der Waals surface area contributed by atoms with Crippen LogP contribution in [-0.4, -0.2) is 29.5 Å². The molecule has 0 unspecified atom stereocenters. The molecular formula is C14H22N4O2. The van der Waals surface area contributed by atoms with Gasteiger partial charge in [-0.3, -0.25) is 4.79 Å². The molecule has 0 saturated carbocycles. The zero-order chi connectivity index (χ0) is 15.2. The lowest BCUT2D eigenvalue weighted by Gasteiger charge is -2.19. The predicted molar refractivity (Wildman–Crippen MR) is 82.5 cm³/mol. The second kappa shape index (κ2) is 6.91. The number of carbonyl (C=O) groups excluding carboxylic acids is 1. The van der Waals surface area contributed by atoms with Gasteiger partial charge in [0, 0.05) is 18.7 Å². The molecule has 1 rings (SSSR count). The SMILES string of the molecule is CCC(=O)Nc1ccc(NCC(C)(C)O)c(N=CN)c1. The number of aliphatic imine (C=N–C) groups is 1. The number of hydrogen-bond donors (Lipinski definition) is 4. The van der Waals surface area contributed by atoms with Crippen molar-refractivity contribution in [3.05, 3.63) is 18.2 Å². The molecule has 0 aliphatic carbocycles. The summed E-state index contributed by atoms with van der Waals surface area (Å²) in [5, 5.41) is 15.6. The van der Waals surface area contributed by atoms with Crippen LogP contribution in [0.15, 0.2) is 23.2 Å². The van der Waals surface area contributed by atoms with Crippen molar-refractivity contribution in [2.75, 3.05) is 17.2 Å². The van der Waals surface area contributed by atoms with Crippen molar-refractivity contribution in [3.63, 3.8) is 0 Å². The number of nitrogens with two attached hydrogens (primary N) is 1. The van der Waals surface area contributed by atoms with E-state index in [1.54, 1.807) is 39.0 Å². The van der Waals surface area contributed by atoms with Crippen LogP contribution in [0.25, 0.3) is 0 Å². The molecule has 0 atom stereocenters. The fraction of sp³-hybridized carbons (Fsp3) is 0.429. The van der Waals surface area contributed by atoms with Crippen molar-refractivity contribution in [3.8, 4) is 0 Å². The lowest BCUT2D eigenvalue weighted by Crippen LogP contribution is -2.29. The van der Waals surface area contributed by atoms with Crippen molar-refractivity contribution in [2.24, 2.45) is 10.7 Å². The first-order chi connectivity index (χ1) is 9.35. The summed E-state index contributed by atoms with van der Waals surface area (Å²) in [5.74, 6) is -0.0649. The summed E-state index contributed by atoms with van der Waals surface area (Å²) in [5.41, 5.74) is 6.50. The van der Waals surface area contributed by atoms with Gasteiger partial charge in [0.05, 0.1) is 23.3 Å². The van der Waals surface area contributed by atoms with Gasteiger partial charge >= 0.3 is 0 Å². The maximum absolute atomic E-state index is 11.4. The van der Waals surface area contributed by atoms with Gasteiger partial charge in [0.1, 0.15) is 0 Å². The topological polar surface area (TPSA) is 99.7 Å². The normalized spacial score (nSPS) is 11.6. The van der Waals surface area contributed by atoms with Gasteiger partial charge in [0.15, 0.2) is 0 Å². The van der Waals surface area contributed by atoms with E-state index in [1.807, 2.05) is 0 Å². The fourth-order valence-electron chi connectivity index (χ4n) is 1.51. The largest absolute Gasteiger partial charge is 0.390 e. The molecule has 0 spiro atoms. The second-order valence-corrected chi connectivity index (χ2v) is 5.08. The van der Waals surface area contributed by atoms with Crippen LogP contribution in [0.1, 0.15) is 27.2 Å². The third-order valence-electron chi connectivity index (χ3n) is 2.53. The number of nitrogens with zero attached hydrogens (tertiary/aromatic N) is 1. The Kier molecular flexibility index (Phi) is 5.52. The van der Waals surface area contributed by atoms with E-state index in [0.717, 1.165) is 5.69 Å². The number of benzene rings is 1. The van der Waals surface area contributed by atoms with Gasteiger partial charge in [0.25, 0.3) is 0 Å².